The minimum absolute atomic E-state index is 0.0503. The van der Waals surface area contributed by atoms with Gasteiger partial charge in [-0.3, -0.25) is 9.78 Å². The molecule has 0 bridgehead atoms. The van der Waals surface area contributed by atoms with Gasteiger partial charge in [0.25, 0.3) is 5.91 Å². The van der Waals surface area contributed by atoms with Crippen molar-refractivity contribution in [2.24, 2.45) is 5.73 Å². The van der Waals surface area contributed by atoms with Crippen molar-refractivity contribution in [1.82, 2.24) is 24.6 Å². The molecule has 2 fully saturated rings. The molecule has 2 aromatic heterocycles. The first-order valence-corrected chi connectivity index (χ1v) is 8.60. The van der Waals surface area contributed by atoms with Crippen molar-refractivity contribution in [1.29, 1.82) is 0 Å². The normalized spacial score (nSPS) is 21.0. The van der Waals surface area contributed by atoms with Gasteiger partial charge in [0.2, 0.25) is 0 Å². The third kappa shape index (κ3) is 2.91. The van der Waals surface area contributed by atoms with Crippen LogP contribution in [-0.2, 0) is 6.54 Å². The highest BCUT2D eigenvalue weighted by molar-refractivity contribution is 5.94. The van der Waals surface area contributed by atoms with E-state index in [0.29, 0.717) is 24.7 Å². The first kappa shape index (κ1) is 15.3. The maximum atomic E-state index is 12.8. The van der Waals surface area contributed by atoms with E-state index in [2.05, 4.69) is 19.7 Å². The smallest absolute Gasteiger partial charge is 0.253 e. The average Bonchev–Trinajstić information content (AvgIpc) is 3.37. The van der Waals surface area contributed by atoms with Crippen LogP contribution in [0.25, 0.3) is 0 Å². The Kier molecular flexibility index (Phi) is 4.02. The summed E-state index contributed by atoms with van der Waals surface area (Å²) in [5, 5.41) is 8.44. The molecule has 0 radical (unpaired) electrons. The number of hydrogen-bond donors (Lipinski definition) is 1. The van der Waals surface area contributed by atoms with E-state index in [9.17, 15) is 4.79 Å². The van der Waals surface area contributed by atoms with Crippen molar-refractivity contribution in [3.8, 4) is 0 Å². The summed E-state index contributed by atoms with van der Waals surface area (Å²) < 4.78 is 2.21. The van der Waals surface area contributed by atoms with Gasteiger partial charge in [-0.2, -0.15) is 0 Å². The predicted molar refractivity (Wildman–Crippen MR) is 88.3 cm³/mol. The van der Waals surface area contributed by atoms with Gasteiger partial charge in [0.05, 0.1) is 5.69 Å². The van der Waals surface area contributed by atoms with Gasteiger partial charge < -0.3 is 15.2 Å². The van der Waals surface area contributed by atoms with Gasteiger partial charge in [-0.05, 0) is 37.8 Å². The maximum Gasteiger partial charge on any atom is 0.253 e. The molecule has 126 valence electrons. The number of hydrogen-bond acceptors (Lipinski definition) is 5. The third-order valence-electron chi connectivity index (χ3n) is 4.89. The van der Waals surface area contributed by atoms with Gasteiger partial charge in [-0.1, -0.05) is 0 Å². The lowest BCUT2D eigenvalue weighted by Gasteiger charge is -2.32. The van der Waals surface area contributed by atoms with Crippen molar-refractivity contribution < 1.29 is 4.79 Å². The quantitative estimate of drug-likeness (QED) is 0.919. The summed E-state index contributed by atoms with van der Waals surface area (Å²) in [5.41, 5.74) is 7.03. The number of likely N-dealkylation sites (tertiary alicyclic amines) is 1. The molecule has 1 saturated heterocycles. The van der Waals surface area contributed by atoms with Crippen molar-refractivity contribution in [2.45, 2.75) is 44.2 Å². The Morgan fingerprint density at radius 1 is 1.33 bits per heavy atom. The second-order valence-electron chi connectivity index (χ2n) is 6.66. The van der Waals surface area contributed by atoms with E-state index in [1.54, 1.807) is 18.3 Å². The molecule has 24 heavy (non-hydrogen) atoms. The number of aromatic nitrogens is 4. The highest BCUT2D eigenvalue weighted by Crippen LogP contribution is 2.38. The van der Waals surface area contributed by atoms with Gasteiger partial charge in [0, 0.05) is 43.4 Å². The van der Waals surface area contributed by atoms with Crippen LogP contribution in [-0.4, -0.2) is 43.6 Å². The molecule has 2 aromatic rings. The van der Waals surface area contributed by atoms with Crippen LogP contribution in [0.3, 0.4) is 0 Å². The fourth-order valence-corrected chi connectivity index (χ4v) is 3.46. The van der Waals surface area contributed by atoms with E-state index in [-0.39, 0.29) is 11.8 Å². The van der Waals surface area contributed by atoms with Crippen molar-refractivity contribution >= 4 is 5.91 Å². The number of amides is 1. The Labute approximate surface area is 140 Å². The van der Waals surface area contributed by atoms with Gasteiger partial charge in [-0.25, -0.2) is 0 Å². The zero-order valence-corrected chi connectivity index (χ0v) is 13.6. The lowest BCUT2D eigenvalue weighted by molar-refractivity contribution is 0.0703. The standard InChI is InChI=1S/C17H22N6O/c18-9-14-8-12(5-6-19-14)17(24)22-7-1-2-13(10-22)16-21-20-11-23(16)15-3-4-15/h5-6,8,11,13,15H,1-4,7,9-10,18H2. The Bertz CT molecular complexity index is 738. The molecular formula is C17H22N6O. The van der Waals surface area contributed by atoms with Crippen LogP contribution < -0.4 is 5.73 Å². The first-order valence-electron chi connectivity index (χ1n) is 8.60. The van der Waals surface area contributed by atoms with Crippen LogP contribution in [0.15, 0.2) is 24.7 Å². The number of rotatable bonds is 4. The van der Waals surface area contributed by atoms with Crippen LogP contribution in [0.4, 0.5) is 0 Å². The molecule has 4 rings (SSSR count). The lowest BCUT2D eigenvalue weighted by Crippen LogP contribution is -2.39. The molecule has 1 saturated carbocycles. The van der Waals surface area contributed by atoms with E-state index in [0.717, 1.165) is 30.9 Å². The van der Waals surface area contributed by atoms with Crippen LogP contribution in [0.5, 0.6) is 0 Å². The van der Waals surface area contributed by atoms with Gasteiger partial charge >= 0.3 is 0 Å². The summed E-state index contributed by atoms with van der Waals surface area (Å²) in [5.74, 6) is 1.35. The molecule has 1 amide bonds. The maximum absolute atomic E-state index is 12.8. The Morgan fingerprint density at radius 2 is 2.21 bits per heavy atom. The number of pyridine rings is 1. The summed E-state index contributed by atoms with van der Waals surface area (Å²) in [7, 11) is 0. The zero-order chi connectivity index (χ0) is 16.5. The van der Waals surface area contributed by atoms with E-state index in [1.807, 2.05) is 11.2 Å². The minimum atomic E-state index is 0.0503. The highest BCUT2D eigenvalue weighted by Gasteiger charge is 2.32. The molecule has 7 heteroatoms. The molecule has 2 N–H and O–H groups in total. The van der Waals surface area contributed by atoms with Crippen LogP contribution in [0.1, 0.15) is 59.5 Å². The Balaban J connectivity index is 1.51. The SMILES string of the molecule is NCc1cc(C(=O)N2CCCC(c3nncn3C3CC3)C2)ccn1. The fourth-order valence-electron chi connectivity index (χ4n) is 3.46. The summed E-state index contributed by atoms with van der Waals surface area (Å²) in [6.07, 6.45) is 7.95. The third-order valence-corrected chi connectivity index (χ3v) is 4.89. The van der Waals surface area contributed by atoms with Gasteiger partial charge in [0.1, 0.15) is 12.2 Å². The Morgan fingerprint density at radius 3 is 3.00 bits per heavy atom. The number of piperidine rings is 1. The molecule has 1 atom stereocenters. The topological polar surface area (TPSA) is 89.9 Å². The molecule has 1 aliphatic carbocycles. The molecule has 0 aromatic carbocycles. The number of carbonyl (C=O) groups is 1. The van der Waals surface area contributed by atoms with E-state index in [1.165, 1.54) is 12.8 Å². The fraction of sp³-hybridized carbons (Fsp3) is 0.529. The Hall–Kier alpha value is -2.28. The van der Waals surface area contributed by atoms with E-state index >= 15 is 0 Å². The molecule has 7 nitrogen and oxygen atoms in total. The molecule has 1 unspecified atom stereocenters. The van der Waals surface area contributed by atoms with Crippen LogP contribution in [0.2, 0.25) is 0 Å². The summed E-state index contributed by atoms with van der Waals surface area (Å²) in [4.78, 5) is 18.9. The molecule has 0 spiro atoms. The van der Waals surface area contributed by atoms with Gasteiger partial charge in [0.15, 0.2) is 0 Å². The largest absolute Gasteiger partial charge is 0.338 e. The molecule has 2 aliphatic rings. The van der Waals surface area contributed by atoms with E-state index < -0.39 is 0 Å². The summed E-state index contributed by atoms with van der Waals surface area (Å²) in [6, 6.07) is 4.12. The monoisotopic (exact) mass is 326 g/mol. The van der Waals surface area contributed by atoms with Gasteiger partial charge in [-0.15, -0.1) is 10.2 Å². The number of nitrogens with zero attached hydrogens (tertiary/aromatic N) is 5. The second-order valence-corrected chi connectivity index (χ2v) is 6.66. The summed E-state index contributed by atoms with van der Waals surface area (Å²) in [6.45, 7) is 1.83. The van der Waals surface area contributed by atoms with E-state index in [4.69, 9.17) is 5.73 Å². The number of carbonyl (C=O) groups excluding carboxylic acids is 1. The molecule has 1 aliphatic heterocycles. The van der Waals surface area contributed by atoms with Crippen molar-refractivity contribution in [3.05, 3.63) is 41.7 Å². The number of nitrogens with two attached hydrogens (primary N) is 1. The second kappa shape index (κ2) is 6.32. The minimum Gasteiger partial charge on any atom is -0.338 e. The average molecular weight is 326 g/mol. The predicted octanol–water partition coefficient (Wildman–Crippen LogP) is 1.49. The molecular weight excluding hydrogens is 304 g/mol. The zero-order valence-electron chi connectivity index (χ0n) is 13.6. The molecule has 3 heterocycles. The van der Waals surface area contributed by atoms with Crippen LogP contribution >= 0.6 is 0 Å². The van der Waals surface area contributed by atoms with Crippen molar-refractivity contribution in [3.63, 3.8) is 0 Å². The lowest BCUT2D eigenvalue weighted by atomic mass is 9.96. The summed E-state index contributed by atoms with van der Waals surface area (Å²) >= 11 is 0. The van der Waals surface area contributed by atoms with Crippen LogP contribution in [0, 0.1) is 0 Å². The first-order chi connectivity index (χ1) is 11.8. The van der Waals surface area contributed by atoms with Crippen molar-refractivity contribution in [2.75, 3.05) is 13.1 Å². The highest BCUT2D eigenvalue weighted by atomic mass is 16.2.